The third kappa shape index (κ3) is 3.04. The quantitative estimate of drug-likeness (QED) is 0.481. The first kappa shape index (κ1) is 18.5. The van der Waals surface area contributed by atoms with Crippen molar-refractivity contribution < 1.29 is 14.7 Å². The maximum atomic E-state index is 12.8. The molecule has 0 saturated carbocycles. The number of nitrogens with zero attached hydrogens (tertiary/aromatic N) is 1. The first-order chi connectivity index (χ1) is 13.3. The van der Waals surface area contributed by atoms with Gasteiger partial charge in [-0.15, -0.1) is 0 Å². The first-order valence-corrected chi connectivity index (χ1v) is 9.50. The van der Waals surface area contributed by atoms with Crippen LogP contribution in [0.3, 0.4) is 0 Å². The molecule has 1 aromatic heterocycles. The summed E-state index contributed by atoms with van der Waals surface area (Å²) in [5.41, 5.74) is 4.55. The smallest absolute Gasteiger partial charge is 0.378 e. The number of aromatic nitrogens is 1. The fraction of sp³-hybridized carbons (Fsp3) is 0.217. The van der Waals surface area contributed by atoms with Gasteiger partial charge in [-0.2, -0.15) is 0 Å². The number of carboxylic acid groups (broad SMARTS) is 1. The highest BCUT2D eigenvalue weighted by molar-refractivity contribution is 6.41. The zero-order valence-corrected chi connectivity index (χ0v) is 16.5. The minimum atomic E-state index is -1.44. The molecule has 1 aliphatic heterocycles. The van der Waals surface area contributed by atoms with E-state index in [4.69, 9.17) is 11.6 Å². The van der Waals surface area contributed by atoms with Crippen LogP contribution in [0.15, 0.2) is 54.6 Å². The lowest BCUT2D eigenvalue weighted by molar-refractivity contribution is -0.131. The van der Waals surface area contributed by atoms with Crippen LogP contribution >= 0.6 is 11.6 Å². The van der Waals surface area contributed by atoms with Crippen LogP contribution in [0, 0.1) is 5.41 Å². The van der Waals surface area contributed by atoms with E-state index in [0.29, 0.717) is 17.1 Å². The van der Waals surface area contributed by atoms with E-state index < -0.39 is 11.8 Å². The van der Waals surface area contributed by atoms with Gasteiger partial charge in [-0.3, -0.25) is 4.79 Å². The number of benzene rings is 2. The van der Waals surface area contributed by atoms with Crippen molar-refractivity contribution in [3.8, 4) is 22.3 Å². The minimum Gasteiger partial charge on any atom is -0.475 e. The van der Waals surface area contributed by atoms with Crippen LogP contribution in [-0.2, 0) is 17.8 Å². The molecule has 4 nitrogen and oxygen atoms in total. The SMILES string of the molecule is CC1(C)Cc2c(-c3ccccc3)c(-c3ccc(Cl)cc3)c(C(=O)C(=O)O)n2C1. The van der Waals surface area contributed by atoms with Gasteiger partial charge in [0, 0.05) is 28.4 Å². The Labute approximate surface area is 168 Å². The van der Waals surface area contributed by atoms with Crippen molar-refractivity contribution >= 4 is 23.4 Å². The Morgan fingerprint density at radius 1 is 0.964 bits per heavy atom. The second kappa shape index (κ2) is 6.64. The van der Waals surface area contributed by atoms with Crippen LogP contribution in [0.5, 0.6) is 0 Å². The number of halogens is 1. The average molecular weight is 394 g/mol. The fourth-order valence-electron chi connectivity index (χ4n) is 4.11. The summed E-state index contributed by atoms with van der Waals surface area (Å²) >= 11 is 6.05. The Hall–Kier alpha value is -2.85. The predicted molar refractivity (Wildman–Crippen MR) is 110 cm³/mol. The Balaban J connectivity index is 2.09. The van der Waals surface area contributed by atoms with Crippen molar-refractivity contribution in [3.63, 3.8) is 0 Å². The van der Waals surface area contributed by atoms with Crippen LogP contribution in [0.4, 0.5) is 0 Å². The van der Waals surface area contributed by atoms with Crippen LogP contribution in [0.25, 0.3) is 22.3 Å². The van der Waals surface area contributed by atoms with Gasteiger partial charge in [0.1, 0.15) is 5.69 Å². The number of Topliss-reactive ketones (excluding diaryl/α,β-unsaturated/α-hetero) is 1. The summed E-state index contributed by atoms with van der Waals surface area (Å²) in [6.07, 6.45) is 0.769. The van der Waals surface area contributed by atoms with Crippen molar-refractivity contribution in [2.45, 2.75) is 26.8 Å². The third-order valence-corrected chi connectivity index (χ3v) is 5.46. The molecule has 0 atom stereocenters. The Morgan fingerprint density at radius 3 is 2.18 bits per heavy atom. The van der Waals surface area contributed by atoms with Crippen molar-refractivity contribution in [3.05, 3.63) is 71.0 Å². The first-order valence-electron chi connectivity index (χ1n) is 9.13. The molecule has 0 aliphatic carbocycles. The van der Waals surface area contributed by atoms with Gasteiger partial charge < -0.3 is 9.67 Å². The van der Waals surface area contributed by atoms with Gasteiger partial charge in [0.15, 0.2) is 0 Å². The highest BCUT2D eigenvalue weighted by Crippen LogP contribution is 2.47. The van der Waals surface area contributed by atoms with E-state index in [9.17, 15) is 14.7 Å². The standard InChI is InChI=1S/C23H20ClNO3/c1-23(2)12-17-18(14-6-4-3-5-7-14)19(15-8-10-16(24)11-9-15)20(25(17)13-23)21(26)22(27)28/h3-11H,12-13H2,1-2H3,(H,27,28). The Bertz CT molecular complexity index is 1080. The molecule has 0 unspecified atom stereocenters. The molecule has 1 N–H and O–H groups in total. The number of fused-ring (bicyclic) bond motifs is 1. The molecule has 0 saturated heterocycles. The minimum absolute atomic E-state index is 0.0507. The summed E-state index contributed by atoms with van der Waals surface area (Å²) in [7, 11) is 0. The topological polar surface area (TPSA) is 59.3 Å². The molecule has 1 aliphatic rings. The molecule has 142 valence electrons. The molecule has 2 aromatic carbocycles. The molecule has 4 rings (SSSR count). The molecule has 5 heteroatoms. The van der Waals surface area contributed by atoms with E-state index in [1.807, 2.05) is 47.0 Å². The van der Waals surface area contributed by atoms with Crippen LogP contribution in [-0.4, -0.2) is 21.4 Å². The number of aliphatic carboxylic acids is 1. The third-order valence-electron chi connectivity index (χ3n) is 5.21. The van der Waals surface area contributed by atoms with E-state index in [0.717, 1.165) is 28.8 Å². The number of hydrogen-bond donors (Lipinski definition) is 1. The van der Waals surface area contributed by atoms with Gasteiger partial charge in [-0.25, -0.2) is 4.79 Å². The zero-order chi connectivity index (χ0) is 20.1. The lowest BCUT2D eigenvalue weighted by atomic mass is 9.86. The monoisotopic (exact) mass is 393 g/mol. The number of ketones is 1. The van der Waals surface area contributed by atoms with Crippen molar-refractivity contribution in [1.82, 2.24) is 4.57 Å². The molecule has 28 heavy (non-hydrogen) atoms. The molecule has 2 heterocycles. The molecular formula is C23H20ClNO3. The number of carboxylic acids is 1. The molecule has 0 fully saturated rings. The predicted octanol–water partition coefficient (Wildman–Crippen LogP) is 5.33. The average Bonchev–Trinajstić information content (AvgIpc) is 3.12. The Morgan fingerprint density at radius 2 is 1.57 bits per heavy atom. The second-order valence-corrected chi connectivity index (χ2v) is 8.42. The number of rotatable bonds is 4. The molecule has 0 bridgehead atoms. The fourth-order valence-corrected chi connectivity index (χ4v) is 4.24. The van der Waals surface area contributed by atoms with Gasteiger partial charge in [0.25, 0.3) is 5.78 Å². The lowest BCUT2D eigenvalue weighted by Crippen LogP contribution is -2.20. The largest absolute Gasteiger partial charge is 0.475 e. The summed E-state index contributed by atoms with van der Waals surface area (Å²) in [6, 6.07) is 17.0. The molecular weight excluding hydrogens is 374 g/mol. The maximum Gasteiger partial charge on any atom is 0.378 e. The number of hydrogen-bond acceptors (Lipinski definition) is 2. The number of carbonyl (C=O) groups is 2. The highest BCUT2D eigenvalue weighted by atomic mass is 35.5. The van der Waals surface area contributed by atoms with E-state index in [2.05, 4.69) is 13.8 Å². The summed E-state index contributed by atoms with van der Waals surface area (Å²) in [4.78, 5) is 24.4. The van der Waals surface area contributed by atoms with Gasteiger partial charge in [-0.05, 0) is 35.1 Å². The summed E-state index contributed by atoms with van der Waals surface area (Å²) in [5, 5.41) is 10.1. The molecule has 0 amide bonds. The van der Waals surface area contributed by atoms with E-state index >= 15 is 0 Å². The summed E-state index contributed by atoms with van der Waals surface area (Å²) in [5.74, 6) is -2.33. The zero-order valence-electron chi connectivity index (χ0n) is 15.7. The molecule has 3 aromatic rings. The van der Waals surface area contributed by atoms with Gasteiger partial charge in [0.2, 0.25) is 0 Å². The molecule has 0 radical (unpaired) electrons. The van der Waals surface area contributed by atoms with Crippen molar-refractivity contribution in [2.24, 2.45) is 5.41 Å². The van der Waals surface area contributed by atoms with Crippen LogP contribution in [0.1, 0.15) is 30.0 Å². The van der Waals surface area contributed by atoms with Gasteiger partial charge >= 0.3 is 5.97 Å². The van der Waals surface area contributed by atoms with E-state index in [1.165, 1.54) is 0 Å². The van der Waals surface area contributed by atoms with Crippen molar-refractivity contribution in [1.29, 1.82) is 0 Å². The normalized spacial score (nSPS) is 14.7. The molecule has 0 spiro atoms. The highest BCUT2D eigenvalue weighted by Gasteiger charge is 2.39. The lowest BCUT2D eigenvalue weighted by Gasteiger charge is -2.18. The van der Waals surface area contributed by atoms with Crippen LogP contribution in [0.2, 0.25) is 5.02 Å². The Kier molecular flexibility index (Phi) is 4.39. The summed E-state index contributed by atoms with van der Waals surface area (Å²) in [6.45, 7) is 4.86. The van der Waals surface area contributed by atoms with Gasteiger partial charge in [-0.1, -0.05) is 67.9 Å². The number of carbonyl (C=O) groups excluding carboxylic acids is 1. The van der Waals surface area contributed by atoms with Crippen molar-refractivity contribution in [2.75, 3.05) is 0 Å². The van der Waals surface area contributed by atoms with E-state index in [1.54, 1.807) is 12.1 Å². The summed E-state index contributed by atoms with van der Waals surface area (Å²) < 4.78 is 1.91. The van der Waals surface area contributed by atoms with Gasteiger partial charge in [0.05, 0.1) is 0 Å². The van der Waals surface area contributed by atoms with E-state index in [-0.39, 0.29) is 11.1 Å². The van der Waals surface area contributed by atoms with Crippen LogP contribution < -0.4 is 0 Å². The maximum absolute atomic E-state index is 12.8. The second-order valence-electron chi connectivity index (χ2n) is 7.98.